The Kier molecular flexibility index (Phi) is 6.84. The first kappa shape index (κ1) is 28.4. The number of anilines is 5. The molecule has 9 rings (SSSR count). The average molecular weight is 634 g/mol. The Labute approximate surface area is 283 Å². The van der Waals surface area contributed by atoms with Crippen LogP contribution in [-0.4, -0.2) is 15.6 Å². The maximum absolute atomic E-state index is 11.5. The molecule has 0 aliphatic rings. The lowest BCUT2D eigenvalue weighted by Crippen LogP contribution is -2.12. The Balaban J connectivity index is 1.06. The molecule has 0 unspecified atom stereocenters. The van der Waals surface area contributed by atoms with Crippen LogP contribution in [0, 0.1) is 0 Å². The van der Waals surface area contributed by atoms with Gasteiger partial charge in [0.1, 0.15) is 6.29 Å². The van der Waals surface area contributed by atoms with Crippen molar-refractivity contribution in [3.05, 3.63) is 175 Å². The zero-order valence-electron chi connectivity index (χ0n) is 26.5. The van der Waals surface area contributed by atoms with Gasteiger partial charge in [0.2, 0.25) is 0 Å². The number of hydrogen-bond acceptors (Lipinski definition) is 4. The molecule has 0 aliphatic heterocycles. The zero-order chi connectivity index (χ0) is 32.7. The van der Waals surface area contributed by atoms with E-state index < -0.39 is 0 Å². The minimum absolute atomic E-state index is 0.639. The molecule has 2 N–H and O–H groups in total. The quantitative estimate of drug-likeness (QED) is 0.164. The molecule has 0 atom stereocenters. The highest BCUT2D eigenvalue weighted by Crippen LogP contribution is 2.37. The average Bonchev–Trinajstić information content (AvgIpc) is 3.66. The van der Waals surface area contributed by atoms with Crippen LogP contribution in [0.5, 0.6) is 0 Å². The van der Waals surface area contributed by atoms with Crippen molar-refractivity contribution >= 4 is 78.3 Å². The molecule has 2 aromatic heterocycles. The Hall–Kier alpha value is -6.79. The molecule has 6 heteroatoms. The fourth-order valence-corrected chi connectivity index (χ4v) is 6.86. The maximum Gasteiger partial charge on any atom is 0.150 e. The Morgan fingerprint density at radius 1 is 0.388 bits per heavy atom. The van der Waals surface area contributed by atoms with Crippen LogP contribution in [0.3, 0.4) is 0 Å². The van der Waals surface area contributed by atoms with Gasteiger partial charge in [-0.15, -0.1) is 0 Å². The highest BCUT2D eigenvalue weighted by atomic mass is 16.1. The van der Waals surface area contributed by atoms with Gasteiger partial charge in [0.15, 0.2) is 0 Å². The van der Waals surface area contributed by atoms with E-state index in [1.54, 1.807) is 0 Å². The number of rotatable bonds is 8. The number of nitrogens with one attached hydrogen (secondary N) is 2. The van der Waals surface area contributed by atoms with Crippen molar-refractivity contribution in [1.29, 1.82) is 0 Å². The van der Waals surface area contributed by atoms with E-state index >= 15 is 0 Å². The van der Waals surface area contributed by atoms with Gasteiger partial charge in [-0.25, -0.2) is 0 Å². The molecule has 7 aromatic carbocycles. The SMILES string of the molecule is O=Cc1ccc(N(c2ccc(Nn3c4ccccc4c4ccccc43)cc2)c2ccc(Nn3c4ccccc4c4ccccc43)cc2)cc1. The molecule has 0 saturated carbocycles. The number of nitrogens with zero attached hydrogens (tertiary/aromatic N) is 3. The van der Waals surface area contributed by atoms with E-state index in [1.807, 2.05) is 24.3 Å². The van der Waals surface area contributed by atoms with E-state index in [0.29, 0.717) is 5.56 Å². The molecule has 0 spiro atoms. The van der Waals surface area contributed by atoms with Gasteiger partial charge in [-0.05, 0) is 97.1 Å². The van der Waals surface area contributed by atoms with Crippen molar-refractivity contribution in [3.8, 4) is 0 Å². The number of aldehydes is 1. The zero-order valence-corrected chi connectivity index (χ0v) is 26.5. The molecule has 0 amide bonds. The van der Waals surface area contributed by atoms with Crippen LogP contribution in [0.2, 0.25) is 0 Å². The normalized spacial score (nSPS) is 11.3. The molecule has 0 saturated heterocycles. The van der Waals surface area contributed by atoms with Gasteiger partial charge in [-0.1, -0.05) is 72.8 Å². The third-order valence-electron chi connectivity index (χ3n) is 9.18. The summed E-state index contributed by atoms with van der Waals surface area (Å²) in [5, 5.41) is 4.85. The van der Waals surface area contributed by atoms with Crippen molar-refractivity contribution in [2.45, 2.75) is 0 Å². The van der Waals surface area contributed by atoms with Crippen LogP contribution < -0.4 is 15.8 Å². The van der Waals surface area contributed by atoms with Gasteiger partial charge < -0.3 is 4.90 Å². The molecule has 9 aromatic rings. The summed E-state index contributed by atoms with van der Waals surface area (Å²) >= 11 is 0. The van der Waals surface area contributed by atoms with E-state index in [1.165, 1.54) is 21.5 Å². The number of fused-ring (bicyclic) bond motifs is 6. The lowest BCUT2D eigenvalue weighted by Gasteiger charge is -2.26. The van der Waals surface area contributed by atoms with Crippen LogP contribution in [0.25, 0.3) is 43.6 Å². The minimum atomic E-state index is 0.639. The predicted molar refractivity (Wildman–Crippen MR) is 203 cm³/mol. The smallest absolute Gasteiger partial charge is 0.150 e. The second-order valence-electron chi connectivity index (χ2n) is 12.1. The summed E-state index contributed by atoms with van der Waals surface area (Å²) in [7, 11) is 0. The molecule has 0 bridgehead atoms. The molecule has 49 heavy (non-hydrogen) atoms. The van der Waals surface area contributed by atoms with Crippen LogP contribution in [0.1, 0.15) is 10.4 Å². The van der Waals surface area contributed by atoms with E-state index in [9.17, 15) is 4.79 Å². The summed E-state index contributed by atoms with van der Waals surface area (Å²) < 4.78 is 4.30. The van der Waals surface area contributed by atoms with Crippen LogP contribution in [-0.2, 0) is 0 Å². The summed E-state index contributed by atoms with van der Waals surface area (Å²) in [6.45, 7) is 0. The van der Waals surface area contributed by atoms with E-state index in [4.69, 9.17) is 0 Å². The number of benzene rings is 7. The molecule has 6 nitrogen and oxygen atoms in total. The summed E-state index contributed by atoms with van der Waals surface area (Å²) in [5.74, 6) is 0. The predicted octanol–water partition coefficient (Wildman–Crippen LogP) is 10.9. The van der Waals surface area contributed by atoms with Gasteiger partial charge in [0.05, 0.1) is 33.4 Å². The summed E-state index contributed by atoms with van der Waals surface area (Å²) in [6.07, 6.45) is 0.873. The molecule has 0 radical (unpaired) electrons. The minimum Gasteiger partial charge on any atom is -0.311 e. The van der Waals surface area contributed by atoms with E-state index in [-0.39, 0.29) is 0 Å². The molecule has 0 aliphatic carbocycles. The van der Waals surface area contributed by atoms with Crippen molar-refractivity contribution in [3.63, 3.8) is 0 Å². The second-order valence-corrected chi connectivity index (χ2v) is 12.1. The fourth-order valence-electron chi connectivity index (χ4n) is 6.86. The number of para-hydroxylation sites is 4. The van der Waals surface area contributed by atoms with Crippen LogP contribution >= 0.6 is 0 Å². The molecular formula is C43H31N5O. The van der Waals surface area contributed by atoms with Gasteiger partial charge in [0, 0.05) is 44.2 Å². The maximum atomic E-state index is 11.5. The van der Waals surface area contributed by atoms with Crippen molar-refractivity contribution in [2.24, 2.45) is 0 Å². The first-order valence-electron chi connectivity index (χ1n) is 16.3. The van der Waals surface area contributed by atoms with Crippen molar-refractivity contribution in [2.75, 3.05) is 15.8 Å². The van der Waals surface area contributed by atoms with E-state index in [0.717, 1.165) is 56.8 Å². The molecular weight excluding hydrogens is 603 g/mol. The Bertz CT molecular complexity index is 2350. The highest BCUT2D eigenvalue weighted by molar-refractivity contribution is 6.09. The van der Waals surface area contributed by atoms with Crippen LogP contribution in [0.15, 0.2) is 170 Å². The monoisotopic (exact) mass is 633 g/mol. The Morgan fingerprint density at radius 2 is 0.694 bits per heavy atom. The summed E-state index contributed by atoms with van der Waals surface area (Å²) in [4.78, 5) is 13.7. The first-order chi connectivity index (χ1) is 24.2. The number of carbonyl (C=O) groups is 1. The fraction of sp³-hybridized carbons (Fsp3) is 0. The van der Waals surface area contributed by atoms with Gasteiger partial charge >= 0.3 is 0 Å². The van der Waals surface area contributed by atoms with Crippen LogP contribution in [0.4, 0.5) is 28.4 Å². The summed E-state index contributed by atoms with van der Waals surface area (Å²) in [5.41, 5.74) is 17.3. The van der Waals surface area contributed by atoms with Gasteiger partial charge in [-0.3, -0.25) is 25.0 Å². The first-order valence-corrected chi connectivity index (χ1v) is 16.3. The lowest BCUT2D eigenvalue weighted by atomic mass is 10.1. The lowest BCUT2D eigenvalue weighted by molar-refractivity contribution is 0.112. The van der Waals surface area contributed by atoms with Gasteiger partial charge in [0.25, 0.3) is 0 Å². The largest absolute Gasteiger partial charge is 0.311 e. The molecule has 2 heterocycles. The third-order valence-corrected chi connectivity index (χ3v) is 9.18. The Morgan fingerprint density at radius 3 is 1.02 bits per heavy atom. The topological polar surface area (TPSA) is 54.2 Å². The second kappa shape index (κ2) is 11.8. The van der Waals surface area contributed by atoms with Crippen molar-refractivity contribution < 1.29 is 4.79 Å². The van der Waals surface area contributed by atoms with Gasteiger partial charge in [-0.2, -0.15) is 0 Å². The molecule has 0 fully saturated rings. The highest BCUT2D eigenvalue weighted by Gasteiger charge is 2.15. The molecule has 234 valence electrons. The third kappa shape index (κ3) is 4.94. The van der Waals surface area contributed by atoms with Crippen molar-refractivity contribution in [1.82, 2.24) is 9.35 Å². The standard InChI is InChI=1S/C43H31N5O/c49-29-30-17-23-33(24-18-30)46(34-25-19-31(20-26-34)44-47-40-13-5-1-9-36(40)37-10-2-6-14-41(37)47)35-27-21-32(22-28-35)45-48-42-15-7-3-11-38(42)39-12-4-8-16-43(39)48/h1-29,44-45H. The number of carbonyl (C=O) groups excluding carboxylic acids is 1. The number of aromatic nitrogens is 2. The number of hydrogen-bond donors (Lipinski definition) is 2. The summed E-state index contributed by atoms with van der Waals surface area (Å²) in [6, 6.07) is 58.4. The van der Waals surface area contributed by atoms with E-state index in [2.05, 4.69) is 171 Å².